The van der Waals surface area contributed by atoms with Crippen molar-refractivity contribution < 1.29 is 4.79 Å². The predicted octanol–water partition coefficient (Wildman–Crippen LogP) is 4.30. The highest BCUT2D eigenvalue weighted by Crippen LogP contribution is 2.14. The SMILES string of the molecule is O=C(N[C@H](NC(=S)Nc1ccc(Br)cc1)C(Cl)Cl)c1ccccc1. The van der Waals surface area contributed by atoms with Crippen molar-refractivity contribution in [3.05, 3.63) is 64.6 Å². The third-order valence-corrected chi connectivity index (χ3v) is 4.22. The van der Waals surface area contributed by atoms with Crippen LogP contribution in [-0.4, -0.2) is 22.0 Å². The Morgan fingerprint density at radius 1 is 1.00 bits per heavy atom. The summed E-state index contributed by atoms with van der Waals surface area (Å²) < 4.78 is 0.960. The van der Waals surface area contributed by atoms with Crippen molar-refractivity contribution in [2.75, 3.05) is 5.32 Å². The first kappa shape index (κ1) is 19.0. The van der Waals surface area contributed by atoms with Gasteiger partial charge in [0.25, 0.3) is 5.91 Å². The van der Waals surface area contributed by atoms with Crippen LogP contribution < -0.4 is 16.0 Å². The van der Waals surface area contributed by atoms with Gasteiger partial charge in [-0.05, 0) is 48.6 Å². The van der Waals surface area contributed by atoms with E-state index in [1.807, 2.05) is 30.3 Å². The fourth-order valence-electron chi connectivity index (χ4n) is 1.82. The van der Waals surface area contributed by atoms with Crippen LogP contribution in [0.5, 0.6) is 0 Å². The van der Waals surface area contributed by atoms with E-state index in [0.717, 1.165) is 10.2 Å². The molecule has 0 radical (unpaired) electrons. The number of hydrogen-bond acceptors (Lipinski definition) is 2. The summed E-state index contributed by atoms with van der Waals surface area (Å²) in [5.41, 5.74) is 1.30. The van der Waals surface area contributed by atoms with Gasteiger partial charge in [-0.25, -0.2) is 0 Å². The Morgan fingerprint density at radius 2 is 1.62 bits per heavy atom. The number of amides is 1. The molecular formula is C16H14BrCl2N3OS. The van der Waals surface area contributed by atoms with Gasteiger partial charge in [-0.1, -0.05) is 34.1 Å². The van der Waals surface area contributed by atoms with Crippen molar-refractivity contribution in [3.63, 3.8) is 0 Å². The first-order chi connectivity index (χ1) is 11.5. The molecule has 8 heteroatoms. The number of alkyl halides is 2. The molecule has 1 atom stereocenters. The van der Waals surface area contributed by atoms with Crippen LogP contribution in [0.15, 0.2) is 59.1 Å². The monoisotopic (exact) mass is 445 g/mol. The minimum Gasteiger partial charge on any atom is -0.340 e. The molecule has 2 rings (SSSR count). The number of carbonyl (C=O) groups is 1. The first-order valence-corrected chi connectivity index (χ1v) is 9.00. The molecule has 2 aromatic rings. The molecule has 0 aliphatic heterocycles. The molecule has 0 bridgehead atoms. The van der Waals surface area contributed by atoms with E-state index in [-0.39, 0.29) is 5.91 Å². The van der Waals surface area contributed by atoms with E-state index in [0.29, 0.717) is 10.7 Å². The summed E-state index contributed by atoms with van der Waals surface area (Å²) in [5.74, 6) is -0.300. The largest absolute Gasteiger partial charge is 0.340 e. The molecule has 24 heavy (non-hydrogen) atoms. The molecule has 0 spiro atoms. The van der Waals surface area contributed by atoms with Gasteiger partial charge in [-0.2, -0.15) is 0 Å². The zero-order valence-corrected chi connectivity index (χ0v) is 16.2. The third kappa shape index (κ3) is 5.94. The molecule has 0 saturated carbocycles. The number of rotatable bonds is 5. The number of hydrogen-bond donors (Lipinski definition) is 3. The normalized spacial score (nSPS) is 11.7. The molecular weight excluding hydrogens is 433 g/mol. The van der Waals surface area contributed by atoms with Crippen LogP contribution >= 0.6 is 51.3 Å². The van der Waals surface area contributed by atoms with Crippen LogP contribution in [0.2, 0.25) is 0 Å². The second kappa shape index (κ2) is 9.22. The summed E-state index contributed by atoms with van der Waals surface area (Å²) in [7, 11) is 0. The average molecular weight is 447 g/mol. The summed E-state index contributed by atoms with van der Waals surface area (Å²) >= 11 is 20.5. The highest BCUT2D eigenvalue weighted by atomic mass is 79.9. The third-order valence-electron chi connectivity index (χ3n) is 2.96. The Morgan fingerprint density at radius 3 is 2.21 bits per heavy atom. The molecule has 0 aliphatic carbocycles. The molecule has 0 fully saturated rings. The van der Waals surface area contributed by atoms with Crippen molar-refractivity contribution in [2.45, 2.75) is 11.0 Å². The maximum atomic E-state index is 12.2. The molecule has 0 heterocycles. The molecule has 1 amide bonds. The van der Waals surface area contributed by atoms with E-state index in [1.54, 1.807) is 24.3 Å². The molecule has 0 aliphatic rings. The van der Waals surface area contributed by atoms with Crippen molar-refractivity contribution in [1.82, 2.24) is 10.6 Å². The van der Waals surface area contributed by atoms with Gasteiger partial charge in [-0.15, -0.1) is 23.2 Å². The number of carbonyl (C=O) groups excluding carboxylic acids is 1. The van der Waals surface area contributed by atoms with Crippen LogP contribution in [0.1, 0.15) is 10.4 Å². The van der Waals surface area contributed by atoms with Crippen LogP contribution in [-0.2, 0) is 0 Å². The smallest absolute Gasteiger partial charge is 0.252 e. The number of anilines is 1. The quantitative estimate of drug-likeness (QED) is 0.364. The lowest BCUT2D eigenvalue weighted by Crippen LogP contribution is -2.52. The molecule has 3 N–H and O–H groups in total. The molecule has 0 unspecified atom stereocenters. The number of thiocarbonyl (C=S) groups is 1. The lowest BCUT2D eigenvalue weighted by atomic mass is 10.2. The average Bonchev–Trinajstić information content (AvgIpc) is 2.57. The molecule has 126 valence electrons. The van der Waals surface area contributed by atoms with E-state index in [1.165, 1.54) is 0 Å². The van der Waals surface area contributed by atoms with E-state index in [2.05, 4.69) is 31.9 Å². The molecule has 0 aromatic heterocycles. The Balaban J connectivity index is 1.96. The van der Waals surface area contributed by atoms with Crippen LogP contribution in [0.4, 0.5) is 5.69 Å². The van der Waals surface area contributed by atoms with Crippen molar-refractivity contribution in [1.29, 1.82) is 0 Å². The maximum absolute atomic E-state index is 12.2. The number of halogens is 3. The second-order valence-corrected chi connectivity index (χ2v) is 7.24. The fourth-order valence-corrected chi connectivity index (χ4v) is 2.58. The van der Waals surface area contributed by atoms with Gasteiger partial charge in [0.05, 0.1) is 0 Å². The Kier molecular flexibility index (Phi) is 7.30. The maximum Gasteiger partial charge on any atom is 0.252 e. The summed E-state index contributed by atoms with van der Waals surface area (Å²) in [4.78, 5) is 11.3. The Labute approximate surface area is 164 Å². The van der Waals surface area contributed by atoms with E-state index < -0.39 is 11.0 Å². The molecule has 0 saturated heterocycles. The first-order valence-electron chi connectivity index (χ1n) is 6.93. The summed E-state index contributed by atoms with van der Waals surface area (Å²) in [6.45, 7) is 0. The number of nitrogens with one attached hydrogen (secondary N) is 3. The minimum atomic E-state index is -0.887. The summed E-state index contributed by atoms with van der Waals surface area (Å²) in [6, 6.07) is 16.2. The predicted molar refractivity (Wildman–Crippen MR) is 107 cm³/mol. The topological polar surface area (TPSA) is 53.2 Å². The van der Waals surface area contributed by atoms with Gasteiger partial charge < -0.3 is 16.0 Å². The molecule has 2 aromatic carbocycles. The lowest BCUT2D eigenvalue weighted by molar-refractivity contribution is 0.0936. The van der Waals surface area contributed by atoms with Crippen molar-refractivity contribution in [3.8, 4) is 0 Å². The van der Waals surface area contributed by atoms with Gasteiger partial charge >= 0.3 is 0 Å². The summed E-state index contributed by atoms with van der Waals surface area (Å²) in [5, 5.41) is 8.89. The van der Waals surface area contributed by atoms with Gasteiger partial charge in [0.1, 0.15) is 11.0 Å². The zero-order valence-electron chi connectivity index (χ0n) is 12.3. The van der Waals surface area contributed by atoms with E-state index in [9.17, 15) is 4.79 Å². The van der Waals surface area contributed by atoms with Gasteiger partial charge in [-0.3, -0.25) is 4.79 Å². The Hall–Kier alpha value is -1.34. The molecule has 4 nitrogen and oxygen atoms in total. The van der Waals surface area contributed by atoms with E-state index >= 15 is 0 Å². The Bertz CT molecular complexity index is 698. The number of benzene rings is 2. The van der Waals surface area contributed by atoms with Gasteiger partial charge in [0.15, 0.2) is 5.11 Å². The van der Waals surface area contributed by atoms with Crippen LogP contribution in [0, 0.1) is 0 Å². The van der Waals surface area contributed by atoms with Crippen molar-refractivity contribution >= 4 is 68.1 Å². The fraction of sp³-hybridized carbons (Fsp3) is 0.125. The zero-order chi connectivity index (χ0) is 17.5. The minimum absolute atomic E-state index is 0.294. The standard InChI is InChI=1S/C16H14BrCl2N3OS/c17-11-6-8-12(9-7-11)20-16(24)22-14(13(18)19)21-15(23)10-4-2-1-3-5-10/h1-9,13-14H,(H,21,23)(H2,20,22,24)/t14-/m1/s1. The summed E-state index contributed by atoms with van der Waals surface area (Å²) in [6.07, 6.45) is -0.739. The van der Waals surface area contributed by atoms with Gasteiger partial charge in [0.2, 0.25) is 0 Å². The van der Waals surface area contributed by atoms with Crippen molar-refractivity contribution in [2.24, 2.45) is 0 Å². The van der Waals surface area contributed by atoms with Crippen LogP contribution in [0.3, 0.4) is 0 Å². The lowest BCUT2D eigenvalue weighted by Gasteiger charge is -2.23. The van der Waals surface area contributed by atoms with Gasteiger partial charge in [0, 0.05) is 15.7 Å². The second-order valence-electron chi connectivity index (χ2n) is 4.76. The highest BCUT2D eigenvalue weighted by molar-refractivity contribution is 9.10. The highest BCUT2D eigenvalue weighted by Gasteiger charge is 2.21. The van der Waals surface area contributed by atoms with E-state index in [4.69, 9.17) is 35.4 Å². The van der Waals surface area contributed by atoms with Crippen LogP contribution in [0.25, 0.3) is 0 Å².